The Morgan fingerprint density at radius 1 is 1.06 bits per heavy atom. The number of carboxylic acid groups (broad SMARTS) is 1. The molecule has 0 spiro atoms. The number of anilines is 2. The molecule has 34 heavy (non-hydrogen) atoms. The maximum absolute atomic E-state index is 12.9. The molecule has 2 heterocycles. The number of benzene rings is 2. The molecule has 0 radical (unpaired) electrons. The largest absolute Gasteiger partial charge is 0.497 e. The highest BCUT2D eigenvalue weighted by molar-refractivity contribution is 6.02. The normalized spacial score (nSPS) is 11.8. The van der Waals surface area contributed by atoms with E-state index in [0.29, 0.717) is 22.9 Å². The van der Waals surface area contributed by atoms with E-state index in [0.717, 1.165) is 22.4 Å². The second kappa shape index (κ2) is 9.27. The van der Waals surface area contributed by atoms with E-state index in [4.69, 9.17) is 9.72 Å². The van der Waals surface area contributed by atoms with E-state index in [1.54, 1.807) is 23.6 Å². The van der Waals surface area contributed by atoms with Gasteiger partial charge in [-0.05, 0) is 56.2 Å². The average Bonchev–Trinajstić information content (AvgIpc) is 3.19. The number of carbonyl (C=O) groups excluding carboxylic acids is 1. The van der Waals surface area contributed by atoms with Crippen LogP contribution in [-0.4, -0.2) is 39.5 Å². The van der Waals surface area contributed by atoms with Gasteiger partial charge in [-0.25, -0.2) is 4.98 Å². The van der Waals surface area contributed by atoms with E-state index in [-0.39, 0.29) is 5.56 Å². The van der Waals surface area contributed by atoms with Crippen LogP contribution in [0, 0.1) is 13.8 Å². The number of fused-ring (bicyclic) bond motifs is 1. The molecule has 3 N–H and O–H groups in total. The SMILES string of the molecule is COc1cccc(-c2nc3c(C(=O)NC(C)C(=O)O)cccn3c2Nc2c(C)cccc2C)c1. The molecule has 0 saturated heterocycles. The number of rotatable bonds is 7. The number of pyridine rings is 1. The van der Waals surface area contributed by atoms with Gasteiger partial charge >= 0.3 is 5.97 Å². The summed E-state index contributed by atoms with van der Waals surface area (Å²) in [5, 5.41) is 15.2. The van der Waals surface area contributed by atoms with Crippen LogP contribution in [-0.2, 0) is 4.79 Å². The third-order valence-corrected chi connectivity index (χ3v) is 5.68. The first kappa shape index (κ1) is 22.8. The Hall–Kier alpha value is -4.33. The number of ether oxygens (including phenoxy) is 1. The topological polar surface area (TPSA) is 105 Å². The van der Waals surface area contributed by atoms with Crippen LogP contribution in [0.2, 0.25) is 0 Å². The molecule has 0 bridgehead atoms. The van der Waals surface area contributed by atoms with Crippen molar-refractivity contribution in [3.8, 4) is 17.0 Å². The molecule has 2 aromatic carbocycles. The van der Waals surface area contributed by atoms with Gasteiger partial charge < -0.3 is 20.5 Å². The summed E-state index contributed by atoms with van der Waals surface area (Å²) >= 11 is 0. The number of aryl methyl sites for hydroxylation is 2. The van der Waals surface area contributed by atoms with Gasteiger partial charge in [0.05, 0.1) is 12.7 Å². The highest BCUT2D eigenvalue weighted by Crippen LogP contribution is 2.35. The number of nitrogens with one attached hydrogen (secondary N) is 2. The smallest absolute Gasteiger partial charge is 0.325 e. The Kier molecular flexibility index (Phi) is 6.23. The lowest BCUT2D eigenvalue weighted by Crippen LogP contribution is -2.38. The van der Waals surface area contributed by atoms with Crippen LogP contribution in [0.3, 0.4) is 0 Å². The van der Waals surface area contributed by atoms with E-state index in [9.17, 15) is 14.7 Å². The summed E-state index contributed by atoms with van der Waals surface area (Å²) in [6.45, 7) is 5.47. The summed E-state index contributed by atoms with van der Waals surface area (Å²) in [5.74, 6) is -0.262. The maximum atomic E-state index is 12.9. The number of hydrogen-bond donors (Lipinski definition) is 3. The fourth-order valence-corrected chi connectivity index (χ4v) is 3.80. The molecular formula is C26H26N4O4. The van der Waals surface area contributed by atoms with Gasteiger partial charge in [-0.1, -0.05) is 30.3 Å². The molecule has 0 aliphatic heterocycles. The van der Waals surface area contributed by atoms with E-state index < -0.39 is 17.9 Å². The van der Waals surface area contributed by atoms with E-state index in [2.05, 4.69) is 10.6 Å². The van der Waals surface area contributed by atoms with Crippen LogP contribution in [0.1, 0.15) is 28.4 Å². The van der Waals surface area contributed by atoms with Crippen molar-refractivity contribution in [1.82, 2.24) is 14.7 Å². The number of amides is 1. The Bertz CT molecular complexity index is 1370. The maximum Gasteiger partial charge on any atom is 0.325 e. The van der Waals surface area contributed by atoms with Crippen molar-refractivity contribution in [2.45, 2.75) is 26.8 Å². The van der Waals surface area contributed by atoms with Gasteiger partial charge in [0, 0.05) is 17.4 Å². The molecular weight excluding hydrogens is 432 g/mol. The number of aromatic nitrogens is 2. The quantitative estimate of drug-likeness (QED) is 0.375. The summed E-state index contributed by atoms with van der Waals surface area (Å²) in [7, 11) is 1.60. The zero-order valence-corrected chi connectivity index (χ0v) is 19.4. The standard InChI is InChI=1S/C26H26N4O4/c1-15-8-5-9-16(2)21(15)28-24-22(18-10-6-11-19(14-18)34-4)29-23-20(12-7-13-30(23)24)25(31)27-17(3)26(32)33/h5-14,17,28H,1-4H3,(H,27,31)(H,32,33). The van der Waals surface area contributed by atoms with Crippen molar-refractivity contribution in [3.05, 3.63) is 77.5 Å². The third-order valence-electron chi connectivity index (χ3n) is 5.68. The van der Waals surface area contributed by atoms with Gasteiger partial charge in [-0.2, -0.15) is 0 Å². The van der Waals surface area contributed by atoms with Crippen LogP contribution in [0.4, 0.5) is 11.5 Å². The number of hydrogen-bond acceptors (Lipinski definition) is 5. The van der Waals surface area contributed by atoms with E-state index >= 15 is 0 Å². The van der Waals surface area contributed by atoms with Crippen molar-refractivity contribution in [2.75, 3.05) is 12.4 Å². The Morgan fingerprint density at radius 2 is 1.76 bits per heavy atom. The second-order valence-electron chi connectivity index (χ2n) is 8.08. The van der Waals surface area contributed by atoms with Crippen LogP contribution in [0.5, 0.6) is 5.75 Å². The molecule has 0 aliphatic carbocycles. The van der Waals surface area contributed by atoms with Crippen LogP contribution in [0.15, 0.2) is 60.8 Å². The minimum atomic E-state index is -1.11. The first-order valence-electron chi connectivity index (χ1n) is 10.8. The molecule has 2 aromatic heterocycles. The molecule has 0 aliphatic rings. The number of nitrogens with zero attached hydrogens (tertiary/aromatic N) is 2. The first-order valence-corrected chi connectivity index (χ1v) is 10.8. The zero-order valence-electron chi connectivity index (χ0n) is 19.4. The predicted octanol–water partition coefficient (Wildman–Crippen LogP) is 4.57. The lowest BCUT2D eigenvalue weighted by molar-refractivity contribution is -0.138. The predicted molar refractivity (Wildman–Crippen MR) is 131 cm³/mol. The summed E-state index contributed by atoms with van der Waals surface area (Å²) < 4.78 is 7.21. The van der Waals surface area contributed by atoms with Crippen molar-refractivity contribution in [1.29, 1.82) is 0 Å². The Labute approximate surface area is 197 Å². The minimum absolute atomic E-state index is 0.273. The molecule has 1 unspecified atom stereocenters. The summed E-state index contributed by atoms with van der Waals surface area (Å²) in [4.78, 5) is 29.0. The fourth-order valence-electron chi connectivity index (χ4n) is 3.80. The molecule has 8 nitrogen and oxygen atoms in total. The molecule has 0 fully saturated rings. The van der Waals surface area contributed by atoms with Crippen LogP contribution < -0.4 is 15.4 Å². The third kappa shape index (κ3) is 4.30. The van der Waals surface area contributed by atoms with Gasteiger partial charge in [0.1, 0.15) is 23.3 Å². The Morgan fingerprint density at radius 3 is 2.44 bits per heavy atom. The molecule has 1 amide bonds. The van der Waals surface area contributed by atoms with Crippen molar-refractivity contribution >= 4 is 29.0 Å². The van der Waals surface area contributed by atoms with E-state index in [1.165, 1.54) is 6.92 Å². The molecule has 4 rings (SSSR count). The first-order chi connectivity index (χ1) is 16.3. The van der Waals surface area contributed by atoms with Gasteiger partial charge in [0.25, 0.3) is 5.91 Å². The summed E-state index contributed by atoms with van der Waals surface area (Å²) in [5.41, 5.74) is 5.20. The van der Waals surface area contributed by atoms with Gasteiger partial charge in [0.2, 0.25) is 0 Å². The summed E-state index contributed by atoms with van der Waals surface area (Å²) in [6.07, 6.45) is 1.82. The molecule has 8 heteroatoms. The van der Waals surface area contributed by atoms with Gasteiger partial charge in [-0.3, -0.25) is 14.0 Å². The van der Waals surface area contributed by atoms with Crippen molar-refractivity contribution < 1.29 is 19.4 Å². The number of methoxy groups -OCH3 is 1. The van der Waals surface area contributed by atoms with E-state index in [1.807, 2.05) is 62.5 Å². The second-order valence-corrected chi connectivity index (χ2v) is 8.08. The van der Waals surface area contributed by atoms with Crippen molar-refractivity contribution in [2.24, 2.45) is 0 Å². The Balaban J connectivity index is 1.92. The minimum Gasteiger partial charge on any atom is -0.497 e. The van der Waals surface area contributed by atoms with Crippen molar-refractivity contribution in [3.63, 3.8) is 0 Å². The monoisotopic (exact) mass is 458 g/mol. The number of para-hydroxylation sites is 1. The number of imidazole rings is 1. The average molecular weight is 459 g/mol. The molecule has 1 atom stereocenters. The molecule has 4 aromatic rings. The number of aliphatic carboxylic acids is 1. The lowest BCUT2D eigenvalue weighted by atomic mass is 10.1. The number of carboxylic acids is 1. The molecule has 0 saturated carbocycles. The van der Waals surface area contributed by atoms with Gasteiger partial charge in [0.15, 0.2) is 5.65 Å². The fraction of sp³-hybridized carbons (Fsp3) is 0.192. The highest BCUT2D eigenvalue weighted by atomic mass is 16.5. The molecule has 174 valence electrons. The highest BCUT2D eigenvalue weighted by Gasteiger charge is 2.22. The van der Waals surface area contributed by atoms with Crippen LogP contribution in [0.25, 0.3) is 16.9 Å². The summed E-state index contributed by atoms with van der Waals surface area (Å²) in [6, 6.07) is 15.9. The lowest BCUT2D eigenvalue weighted by Gasteiger charge is -2.14. The van der Waals surface area contributed by atoms with Gasteiger partial charge in [-0.15, -0.1) is 0 Å². The van der Waals surface area contributed by atoms with Crippen LogP contribution >= 0.6 is 0 Å². The number of carbonyl (C=O) groups is 2. The zero-order chi connectivity index (χ0) is 24.4.